The molecule has 1 aliphatic rings. The van der Waals surface area contributed by atoms with Crippen LogP contribution in [0.1, 0.15) is 36.5 Å². The molecule has 1 saturated heterocycles. The molecule has 2 rings (SSSR count). The average molecular weight is 311 g/mol. The number of carbonyl (C=O) groups is 2. The molecule has 1 fully saturated rings. The Morgan fingerprint density at radius 2 is 1.95 bits per heavy atom. The second kappa shape index (κ2) is 6.80. The maximum atomic E-state index is 12.2. The lowest BCUT2D eigenvalue weighted by Gasteiger charge is -2.28. The van der Waals surface area contributed by atoms with Crippen molar-refractivity contribution >= 4 is 29.2 Å². The van der Waals surface area contributed by atoms with E-state index >= 15 is 0 Å². The number of nitrogen functional groups attached to an aromatic ring is 1. The zero-order valence-electron chi connectivity index (χ0n) is 12.0. The molecule has 0 saturated carbocycles. The first-order valence-corrected chi connectivity index (χ1v) is 7.41. The Kier molecular flexibility index (Phi) is 5.07. The van der Waals surface area contributed by atoms with Gasteiger partial charge in [0.25, 0.3) is 5.91 Å². The molecule has 1 aromatic carbocycles. The molecule has 0 spiro atoms. The Labute approximate surface area is 129 Å². The molecule has 21 heavy (non-hydrogen) atoms. The van der Waals surface area contributed by atoms with Crippen LogP contribution in [0.5, 0.6) is 0 Å². The summed E-state index contributed by atoms with van der Waals surface area (Å²) in [5, 5.41) is 0.256. The molecule has 5 nitrogen and oxygen atoms in total. The third kappa shape index (κ3) is 3.88. The van der Waals surface area contributed by atoms with E-state index in [4.69, 9.17) is 22.1 Å². The molecule has 1 aliphatic heterocycles. The van der Waals surface area contributed by atoms with Crippen molar-refractivity contribution < 1.29 is 14.3 Å². The predicted molar refractivity (Wildman–Crippen MR) is 81.2 cm³/mol. The van der Waals surface area contributed by atoms with Gasteiger partial charge in [0.2, 0.25) is 0 Å². The van der Waals surface area contributed by atoms with Crippen LogP contribution in [0.25, 0.3) is 0 Å². The molecule has 0 aromatic heterocycles. The summed E-state index contributed by atoms with van der Waals surface area (Å²) in [5.74, 6) is -0.798. The summed E-state index contributed by atoms with van der Waals surface area (Å²) in [4.78, 5) is 26.0. The Morgan fingerprint density at radius 3 is 2.62 bits per heavy atom. The Hall–Kier alpha value is -1.75. The number of nitrogens with zero attached hydrogens (tertiary/aromatic N) is 1. The number of hydrogen-bond donors (Lipinski definition) is 1. The molecular weight excluding hydrogens is 292 g/mol. The minimum Gasteiger partial charge on any atom is -0.449 e. The fourth-order valence-corrected chi connectivity index (χ4v) is 2.54. The van der Waals surface area contributed by atoms with Crippen molar-refractivity contribution in [3.05, 3.63) is 28.8 Å². The van der Waals surface area contributed by atoms with Crippen molar-refractivity contribution in [1.82, 2.24) is 4.90 Å². The molecule has 1 atom stereocenters. The summed E-state index contributed by atoms with van der Waals surface area (Å²) >= 11 is 5.95. The average Bonchev–Trinajstić information content (AvgIpc) is 2.49. The quantitative estimate of drug-likeness (QED) is 0.687. The lowest BCUT2D eigenvalue weighted by atomic mass is 10.1. The van der Waals surface area contributed by atoms with E-state index in [0.717, 1.165) is 32.4 Å². The summed E-state index contributed by atoms with van der Waals surface area (Å²) in [5.41, 5.74) is 6.23. The van der Waals surface area contributed by atoms with Gasteiger partial charge in [-0.05, 0) is 44.4 Å². The molecule has 0 radical (unpaired) electrons. The van der Waals surface area contributed by atoms with Crippen LogP contribution >= 0.6 is 11.6 Å². The summed E-state index contributed by atoms with van der Waals surface area (Å²) in [6, 6.07) is 4.58. The zero-order chi connectivity index (χ0) is 15.4. The molecule has 1 amide bonds. The van der Waals surface area contributed by atoms with Gasteiger partial charge in [0, 0.05) is 18.8 Å². The van der Waals surface area contributed by atoms with E-state index in [-0.39, 0.29) is 16.5 Å². The number of piperidine rings is 1. The van der Waals surface area contributed by atoms with Crippen molar-refractivity contribution in [3.63, 3.8) is 0 Å². The van der Waals surface area contributed by atoms with E-state index in [2.05, 4.69) is 0 Å². The first kappa shape index (κ1) is 15.6. The normalized spacial score (nSPS) is 16.4. The number of ether oxygens (including phenoxy) is 1. The number of likely N-dealkylation sites (tertiary alicyclic amines) is 1. The summed E-state index contributed by atoms with van der Waals surface area (Å²) < 4.78 is 5.22. The minimum absolute atomic E-state index is 0.164. The van der Waals surface area contributed by atoms with E-state index in [1.165, 1.54) is 12.1 Å². The van der Waals surface area contributed by atoms with Gasteiger partial charge < -0.3 is 15.4 Å². The fraction of sp³-hybridized carbons (Fsp3) is 0.467. The fourth-order valence-electron chi connectivity index (χ4n) is 2.35. The molecule has 0 bridgehead atoms. The topological polar surface area (TPSA) is 72.6 Å². The van der Waals surface area contributed by atoms with Gasteiger partial charge in [-0.2, -0.15) is 0 Å². The van der Waals surface area contributed by atoms with E-state index in [9.17, 15) is 9.59 Å². The van der Waals surface area contributed by atoms with Gasteiger partial charge in [-0.25, -0.2) is 4.79 Å². The van der Waals surface area contributed by atoms with Crippen LogP contribution < -0.4 is 5.73 Å². The second-order valence-corrected chi connectivity index (χ2v) is 5.58. The van der Waals surface area contributed by atoms with Crippen molar-refractivity contribution in [1.29, 1.82) is 0 Å². The van der Waals surface area contributed by atoms with Crippen LogP contribution in [0.3, 0.4) is 0 Å². The monoisotopic (exact) mass is 310 g/mol. The number of benzene rings is 1. The Balaban J connectivity index is 2.01. The van der Waals surface area contributed by atoms with E-state index in [1.54, 1.807) is 17.9 Å². The smallest absolute Gasteiger partial charge is 0.340 e. The van der Waals surface area contributed by atoms with Gasteiger partial charge in [-0.15, -0.1) is 0 Å². The largest absolute Gasteiger partial charge is 0.449 e. The van der Waals surface area contributed by atoms with Gasteiger partial charge in [-0.3, -0.25) is 4.79 Å². The number of halogens is 1. The third-order valence-electron chi connectivity index (χ3n) is 3.51. The van der Waals surface area contributed by atoms with Crippen LogP contribution in [0, 0.1) is 0 Å². The molecule has 0 aliphatic carbocycles. The molecule has 6 heteroatoms. The third-order valence-corrected chi connectivity index (χ3v) is 3.84. The highest BCUT2D eigenvalue weighted by Gasteiger charge is 2.26. The number of hydrogen-bond acceptors (Lipinski definition) is 4. The van der Waals surface area contributed by atoms with Crippen LogP contribution in [-0.4, -0.2) is 36.0 Å². The molecule has 114 valence electrons. The lowest BCUT2D eigenvalue weighted by Crippen LogP contribution is -2.42. The van der Waals surface area contributed by atoms with Crippen LogP contribution in [0.2, 0.25) is 5.02 Å². The van der Waals surface area contributed by atoms with Crippen molar-refractivity contribution in [2.45, 2.75) is 32.3 Å². The number of esters is 1. The van der Waals surface area contributed by atoms with E-state index < -0.39 is 12.1 Å². The minimum atomic E-state index is -0.826. The van der Waals surface area contributed by atoms with Crippen molar-refractivity contribution in [2.24, 2.45) is 0 Å². The van der Waals surface area contributed by atoms with Crippen LogP contribution in [0.4, 0.5) is 5.69 Å². The summed E-state index contributed by atoms with van der Waals surface area (Å²) in [6.45, 7) is 3.02. The summed E-state index contributed by atoms with van der Waals surface area (Å²) in [7, 11) is 0. The van der Waals surface area contributed by atoms with Gasteiger partial charge in [0.1, 0.15) is 0 Å². The van der Waals surface area contributed by atoms with Gasteiger partial charge in [0.05, 0.1) is 10.6 Å². The maximum absolute atomic E-state index is 12.2. The zero-order valence-corrected chi connectivity index (χ0v) is 12.7. The van der Waals surface area contributed by atoms with Crippen molar-refractivity contribution in [2.75, 3.05) is 18.8 Å². The van der Waals surface area contributed by atoms with Crippen molar-refractivity contribution in [3.8, 4) is 0 Å². The maximum Gasteiger partial charge on any atom is 0.340 e. The molecule has 1 unspecified atom stereocenters. The van der Waals surface area contributed by atoms with Gasteiger partial charge in [-0.1, -0.05) is 11.6 Å². The second-order valence-electron chi connectivity index (χ2n) is 5.17. The predicted octanol–water partition coefficient (Wildman–Crippen LogP) is 2.48. The SMILES string of the molecule is CC(OC(=O)c1cc(N)ccc1Cl)C(=O)N1CCCCC1. The van der Waals surface area contributed by atoms with E-state index in [1.807, 2.05) is 0 Å². The lowest BCUT2D eigenvalue weighted by molar-refractivity contribution is -0.140. The number of nitrogens with two attached hydrogens (primary N) is 1. The first-order chi connectivity index (χ1) is 9.99. The van der Waals surface area contributed by atoms with Gasteiger partial charge in [0.15, 0.2) is 6.10 Å². The highest BCUT2D eigenvalue weighted by molar-refractivity contribution is 6.33. The molecule has 1 aromatic rings. The number of amides is 1. The standard InChI is InChI=1S/C15H19ClN2O3/c1-10(14(19)18-7-3-2-4-8-18)21-15(20)12-9-11(17)5-6-13(12)16/h5-6,9-10H,2-4,7-8,17H2,1H3. The van der Waals surface area contributed by atoms with Crippen LogP contribution in [-0.2, 0) is 9.53 Å². The van der Waals surface area contributed by atoms with Gasteiger partial charge >= 0.3 is 5.97 Å². The number of carbonyl (C=O) groups excluding carboxylic acids is 2. The highest BCUT2D eigenvalue weighted by Crippen LogP contribution is 2.20. The Morgan fingerprint density at radius 1 is 1.29 bits per heavy atom. The number of rotatable bonds is 3. The Bertz CT molecular complexity index is 542. The highest BCUT2D eigenvalue weighted by atomic mass is 35.5. The first-order valence-electron chi connectivity index (χ1n) is 7.04. The molecule has 2 N–H and O–H groups in total. The van der Waals surface area contributed by atoms with E-state index in [0.29, 0.717) is 5.69 Å². The molecule has 1 heterocycles. The molecular formula is C15H19ClN2O3. The number of anilines is 1. The van der Waals surface area contributed by atoms with Crippen LogP contribution in [0.15, 0.2) is 18.2 Å². The summed E-state index contributed by atoms with van der Waals surface area (Å²) in [6.07, 6.45) is 2.30.